The Balaban J connectivity index is 1.77. The fraction of sp³-hybridized carbons (Fsp3) is 0.250. The van der Waals surface area contributed by atoms with Crippen LogP contribution in [0, 0.1) is 6.92 Å². The van der Waals surface area contributed by atoms with E-state index in [4.69, 9.17) is 0 Å². The summed E-state index contributed by atoms with van der Waals surface area (Å²) in [4.78, 5) is 28.2. The summed E-state index contributed by atoms with van der Waals surface area (Å²) in [5.41, 5.74) is 4.00. The van der Waals surface area contributed by atoms with Gasteiger partial charge < -0.3 is 4.90 Å². The van der Waals surface area contributed by atoms with Crippen LogP contribution in [0.3, 0.4) is 0 Å². The number of amides is 1. The maximum Gasteiger partial charge on any atom is 0.274 e. The third kappa shape index (κ3) is 3.24. The standard InChI is InChI=1S/C24H22FN3O2S/c1-16-20(29)10-12-27-22(16)24(30)26(13-11-25)15-28(27)23-18-7-3-2-6-17(18)14-31-21-9-5-4-8-19(21)23/h2-10,12,23H,11,13-15H2,1H3. The number of halogens is 1. The third-order valence-corrected chi connectivity index (χ3v) is 7.14. The van der Waals surface area contributed by atoms with E-state index < -0.39 is 6.67 Å². The molecular formula is C24H22FN3O2S. The van der Waals surface area contributed by atoms with Crippen LogP contribution in [0.2, 0.25) is 0 Å². The molecule has 0 N–H and O–H groups in total. The van der Waals surface area contributed by atoms with Gasteiger partial charge in [-0.25, -0.2) is 4.39 Å². The van der Waals surface area contributed by atoms with Crippen molar-refractivity contribution in [2.75, 3.05) is 24.9 Å². The van der Waals surface area contributed by atoms with Gasteiger partial charge in [0.25, 0.3) is 5.91 Å². The number of hydrogen-bond donors (Lipinski definition) is 0. The maximum absolute atomic E-state index is 13.3. The number of benzene rings is 2. The molecule has 0 bridgehead atoms. The van der Waals surface area contributed by atoms with Crippen LogP contribution >= 0.6 is 11.8 Å². The second-order valence-electron chi connectivity index (χ2n) is 7.76. The first kappa shape index (κ1) is 19.9. The van der Waals surface area contributed by atoms with Crippen molar-refractivity contribution in [3.05, 3.63) is 99.0 Å². The second kappa shape index (κ2) is 7.89. The molecule has 0 saturated heterocycles. The fourth-order valence-corrected chi connectivity index (χ4v) is 5.55. The Morgan fingerprint density at radius 3 is 2.58 bits per heavy atom. The van der Waals surface area contributed by atoms with Gasteiger partial charge >= 0.3 is 0 Å². The van der Waals surface area contributed by atoms with E-state index in [0.29, 0.717) is 11.3 Å². The highest BCUT2D eigenvalue weighted by molar-refractivity contribution is 7.98. The SMILES string of the molecule is Cc1c2n(ccc1=O)N(C1c3ccccc3CSc3ccccc31)CN(CCF)C2=O. The lowest BCUT2D eigenvalue weighted by molar-refractivity contribution is 0.0671. The van der Waals surface area contributed by atoms with Crippen LogP contribution in [0.5, 0.6) is 0 Å². The first-order valence-corrected chi connectivity index (χ1v) is 11.2. The van der Waals surface area contributed by atoms with E-state index in [1.54, 1.807) is 29.6 Å². The highest BCUT2D eigenvalue weighted by Crippen LogP contribution is 2.42. The molecule has 1 unspecified atom stereocenters. The Morgan fingerprint density at radius 1 is 1.03 bits per heavy atom. The van der Waals surface area contributed by atoms with Crippen molar-refractivity contribution < 1.29 is 9.18 Å². The molecule has 2 aromatic carbocycles. The lowest BCUT2D eigenvalue weighted by Crippen LogP contribution is -2.56. The topological polar surface area (TPSA) is 45.6 Å². The van der Waals surface area contributed by atoms with Gasteiger partial charge in [-0.3, -0.25) is 19.3 Å². The van der Waals surface area contributed by atoms with Gasteiger partial charge in [0.15, 0.2) is 5.43 Å². The lowest BCUT2D eigenvalue weighted by Gasteiger charge is -2.44. The number of thioether (sulfide) groups is 1. The molecule has 1 aromatic heterocycles. The van der Waals surface area contributed by atoms with E-state index >= 15 is 0 Å². The Hall–Kier alpha value is -3.06. The zero-order valence-electron chi connectivity index (χ0n) is 17.1. The number of aromatic nitrogens is 1. The molecule has 5 nitrogen and oxygen atoms in total. The quantitative estimate of drug-likeness (QED) is 0.627. The molecule has 0 aliphatic carbocycles. The molecule has 7 heteroatoms. The van der Waals surface area contributed by atoms with Crippen molar-refractivity contribution in [1.82, 2.24) is 9.58 Å². The lowest BCUT2D eigenvalue weighted by atomic mass is 9.94. The van der Waals surface area contributed by atoms with E-state index in [1.807, 2.05) is 24.3 Å². The van der Waals surface area contributed by atoms with E-state index in [0.717, 1.165) is 16.9 Å². The third-order valence-electron chi connectivity index (χ3n) is 6.00. The number of fused-ring (bicyclic) bond motifs is 3. The fourth-order valence-electron chi connectivity index (χ4n) is 4.45. The van der Waals surface area contributed by atoms with Gasteiger partial charge in [0.05, 0.1) is 12.6 Å². The summed E-state index contributed by atoms with van der Waals surface area (Å²) in [7, 11) is 0. The van der Waals surface area contributed by atoms with Crippen LogP contribution in [0.25, 0.3) is 0 Å². The number of carbonyl (C=O) groups is 1. The van der Waals surface area contributed by atoms with Gasteiger partial charge in [-0.05, 0) is 29.7 Å². The Labute approximate surface area is 184 Å². The number of hydrogen-bond acceptors (Lipinski definition) is 4. The van der Waals surface area contributed by atoms with Gasteiger partial charge in [-0.15, -0.1) is 11.8 Å². The van der Waals surface area contributed by atoms with E-state index in [2.05, 4.69) is 29.3 Å². The molecule has 1 atom stereocenters. The minimum absolute atomic E-state index is 0.0113. The molecule has 158 valence electrons. The number of rotatable bonds is 3. The largest absolute Gasteiger partial charge is 0.316 e. The summed E-state index contributed by atoms with van der Waals surface area (Å²) in [6, 6.07) is 17.9. The number of nitrogens with zero attached hydrogens (tertiary/aromatic N) is 3. The van der Waals surface area contributed by atoms with Gasteiger partial charge in [-0.2, -0.15) is 0 Å². The second-order valence-corrected chi connectivity index (χ2v) is 8.78. The molecule has 31 heavy (non-hydrogen) atoms. The van der Waals surface area contributed by atoms with Crippen molar-refractivity contribution in [1.29, 1.82) is 0 Å². The molecule has 3 heterocycles. The molecule has 2 aliphatic rings. The predicted octanol–water partition coefficient (Wildman–Crippen LogP) is 3.87. The summed E-state index contributed by atoms with van der Waals surface area (Å²) in [6.45, 7) is 1.25. The summed E-state index contributed by atoms with van der Waals surface area (Å²) in [6.07, 6.45) is 1.67. The van der Waals surface area contributed by atoms with E-state index in [9.17, 15) is 14.0 Å². The van der Waals surface area contributed by atoms with Crippen molar-refractivity contribution in [3.63, 3.8) is 0 Å². The van der Waals surface area contributed by atoms with Gasteiger partial charge in [0.1, 0.15) is 19.0 Å². The van der Waals surface area contributed by atoms with Gasteiger partial charge in [0, 0.05) is 28.5 Å². The monoisotopic (exact) mass is 435 g/mol. The molecule has 0 radical (unpaired) electrons. The van der Waals surface area contributed by atoms with Gasteiger partial charge in [-0.1, -0.05) is 42.5 Å². The molecule has 5 rings (SSSR count). The highest BCUT2D eigenvalue weighted by atomic mass is 32.2. The van der Waals surface area contributed by atoms with Gasteiger partial charge in [0.2, 0.25) is 0 Å². The zero-order valence-corrected chi connectivity index (χ0v) is 17.9. The zero-order chi connectivity index (χ0) is 21.5. The minimum atomic E-state index is -0.636. The van der Waals surface area contributed by atoms with Crippen LogP contribution in [0.15, 0.2) is 70.5 Å². The molecule has 1 amide bonds. The Kier molecular flexibility index (Phi) is 5.06. The van der Waals surface area contributed by atoms with E-state index in [1.165, 1.54) is 21.4 Å². The summed E-state index contributed by atoms with van der Waals surface area (Å²) >= 11 is 1.79. The predicted molar refractivity (Wildman–Crippen MR) is 120 cm³/mol. The molecule has 0 saturated carbocycles. The molecule has 2 aliphatic heterocycles. The Morgan fingerprint density at radius 2 is 1.77 bits per heavy atom. The smallest absolute Gasteiger partial charge is 0.274 e. The number of pyridine rings is 1. The van der Waals surface area contributed by atoms with Crippen LogP contribution < -0.4 is 10.4 Å². The Bertz CT molecular complexity index is 1180. The van der Waals surface area contributed by atoms with Crippen molar-refractivity contribution in [3.8, 4) is 0 Å². The molecule has 0 fully saturated rings. The normalized spacial score (nSPS) is 17.6. The van der Waals surface area contributed by atoms with Crippen LogP contribution in [-0.4, -0.2) is 35.4 Å². The number of carbonyl (C=O) groups excluding carboxylic acids is 1. The van der Waals surface area contributed by atoms with Crippen LogP contribution in [0.1, 0.15) is 38.8 Å². The number of alkyl halides is 1. The molecule has 0 spiro atoms. The van der Waals surface area contributed by atoms with Crippen LogP contribution in [-0.2, 0) is 5.75 Å². The first-order chi connectivity index (χ1) is 15.1. The van der Waals surface area contributed by atoms with E-state index in [-0.39, 0.29) is 30.6 Å². The summed E-state index contributed by atoms with van der Waals surface area (Å²) in [5.74, 6) is 0.536. The molecule has 3 aromatic rings. The average Bonchev–Trinajstić information content (AvgIpc) is 2.95. The minimum Gasteiger partial charge on any atom is -0.316 e. The maximum atomic E-state index is 13.3. The first-order valence-electron chi connectivity index (χ1n) is 10.2. The van der Waals surface area contributed by atoms with Crippen LogP contribution in [0.4, 0.5) is 4.39 Å². The average molecular weight is 436 g/mol. The molecular weight excluding hydrogens is 413 g/mol. The summed E-state index contributed by atoms with van der Waals surface area (Å²) < 4.78 is 15.1. The van der Waals surface area contributed by atoms with Crippen molar-refractivity contribution in [2.24, 2.45) is 0 Å². The summed E-state index contributed by atoms with van der Waals surface area (Å²) in [5, 5.41) is 2.07. The van der Waals surface area contributed by atoms with Crippen molar-refractivity contribution in [2.45, 2.75) is 23.6 Å². The highest BCUT2D eigenvalue weighted by Gasteiger charge is 2.37. The van der Waals surface area contributed by atoms with Crippen molar-refractivity contribution >= 4 is 17.7 Å².